The molecule has 2 fully saturated rings. The molecule has 0 radical (unpaired) electrons. The zero-order valence-corrected chi connectivity index (χ0v) is 26.3. The Hall–Kier alpha value is -3.21. The minimum absolute atomic E-state index is 0.0373. The van der Waals surface area contributed by atoms with Gasteiger partial charge >= 0.3 is 0 Å². The Kier molecular flexibility index (Phi) is 8.26. The molecule has 3 aliphatic heterocycles. The predicted octanol–water partition coefficient (Wildman–Crippen LogP) is 4.98. The molecule has 2 amide bonds. The summed E-state index contributed by atoms with van der Waals surface area (Å²) in [6, 6.07) is 7.96. The average molecular weight is 597 g/mol. The topological polar surface area (TPSA) is 125 Å². The lowest BCUT2D eigenvalue weighted by atomic mass is 9.87. The third-order valence-corrected chi connectivity index (χ3v) is 9.95. The number of hydrogen-bond donors (Lipinski definition) is 2. The molecule has 2 atom stereocenters. The molecule has 10 nitrogen and oxygen atoms in total. The monoisotopic (exact) mass is 596 g/mol. The van der Waals surface area contributed by atoms with Gasteiger partial charge in [0.25, 0.3) is 15.9 Å². The zero-order chi connectivity index (χ0) is 30.3. The van der Waals surface area contributed by atoms with Crippen LogP contribution in [-0.2, 0) is 14.8 Å². The predicted molar refractivity (Wildman–Crippen MR) is 164 cm³/mol. The lowest BCUT2D eigenvalue weighted by molar-refractivity contribution is -0.120. The number of carbonyl (C=O) groups is 2. The maximum atomic E-state index is 13.6. The number of rotatable bonds is 4. The number of sulfonamides is 1. The van der Waals surface area contributed by atoms with Crippen LogP contribution in [0.25, 0.3) is 0 Å². The van der Waals surface area contributed by atoms with Gasteiger partial charge in [0, 0.05) is 31.1 Å². The molecule has 1 unspecified atom stereocenters. The highest BCUT2D eigenvalue weighted by Crippen LogP contribution is 2.40. The van der Waals surface area contributed by atoms with Crippen LogP contribution in [0, 0.1) is 17.3 Å². The van der Waals surface area contributed by atoms with E-state index < -0.39 is 15.9 Å². The Bertz CT molecular complexity index is 1450. The molecule has 0 saturated carbocycles. The maximum absolute atomic E-state index is 13.6. The standard InChI is InChI=1S/C31H44N6O4S/c1-30(2,3)16-7-10-22-15-18-36(29(22)39)25-14-13-23-27(34-25)37-20-21(19-31(37,4)5)9-8-17-32-24-11-6-12-26(33-24)42(40,41)35-28(23)38/h6,11-14,21-22H,7-10,15-20H2,1-5H3,(H,32,33)(H,35,38)/t21?,22-/m0/s1. The van der Waals surface area contributed by atoms with E-state index >= 15 is 0 Å². The van der Waals surface area contributed by atoms with E-state index in [-0.39, 0.29) is 33.4 Å². The number of pyridine rings is 2. The van der Waals surface area contributed by atoms with Crippen LogP contribution in [-0.4, -0.2) is 55.4 Å². The minimum Gasteiger partial charge on any atom is -0.370 e. The smallest absolute Gasteiger partial charge is 0.281 e. The van der Waals surface area contributed by atoms with Crippen LogP contribution in [0.5, 0.6) is 0 Å². The molecule has 228 valence electrons. The molecule has 42 heavy (non-hydrogen) atoms. The molecule has 3 aliphatic rings. The van der Waals surface area contributed by atoms with Gasteiger partial charge in [-0.2, -0.15) is 8.42 Å². The van der Waals surface area contributed by atoms with Crippen molar-refractivity contribution < 1.29 is 18.0 Å². The van der Waals surface area contributed by atoms with Gasteiger partial charge in [0.15, 0.2) is 5.03 Å². The van der Waals surface area contributed by atoms with Crippen molar-refractivity contribution in [2.75, 3.05) is 34.8 Å². The van der Waals surface area contributed by atoms with Gasteiger partial charge in [-0.05, 0) is 88.0 Å². The van der Waals surface area contributed by atoms with E-state index in [4.69, 9.17) is 4.98 Å². The van der Waals surface area contributed by atoms with Crippen LogP contribution >= 0.6 is 0 Å². The van der Waals surface area contributed by atoms with Gasteiger partial charge in [-0.1, -0.05) is 33.3 Å². The molecular weight excluding hydrogens is 552 g/mol. The van der Waals surface area contributed by atoms with Crippen LogP contribution in [0.2, 0.25) is 0 Å². The molecule has 11 heteroatoms. The lowest BCUT2D eigenvalue weighted by Gasteiger charge is -2.34. The van der Waals surface area contributed by atoms with E-state index in [1.165, 1.54) is 6.07 Å². The van der Waals surface area contributed by atoms with Crippen LogP contribution in [0.3, 0.4) is 0 Å². The van der Waals surface area contributed by atoms with Crippen molar-refractivity contribution in [3.05, 3.63) is 35.9 Å². The summed E-state index contributed by atoms with van der Waals surface area (Å²) in [4.78, 5) is 40.1. The van der Waals surface area contributed by atoms with Gasteiger partial charge in [0.05, 0.1) is 5.56 Å². The Morgan fingerprint density at radius 3 is 2.62 bits per heavy atom. The normalized spacial score (nSPS) is 23.9. The molecule has 0 spiro atoms. The van der Waals surface area contributed by atoms with Crippen molar-refractivity contribution in [3.8, 4) is 0 Å². The molecule has 5 heterocycles. The first-order valence-corrected chi connectivity index (χ1v) is 16.6. The van der Waals surface area contributed by atoms with Crippen molar-refractivity contribution in [1.82, 2.24) is 14.7 Å². The largest absolute Gasteiger partial charge is 0.370 e. The molecule has 2 N–H and O–H groups in total. The summed E-state index contributed by atoms with van der Waals surface area (Å²) < 4.78 is 28.6. The summed E-state index contributed by atoms with van der Waals surface area (Å²) in [6.07, 6.45) is 6.45. The number of nitrogens with zero attached hydrogens (tertiary/aromatic N) is 4. The van der Waals surface area contributed by atoms with Crippen molar-refractivity contribution in [1.29, 1.82) is 0 Å². The van der Waals surface area contributed by atoms with Crippen molar-refractivity contribution >= 4 is 39.3 Å². The SMILES string of the molecule is CC(C)(C)CCC[C@H]1CCN(c2ccc3c(n2)N2CC(CCCNc4cccc(n4)S(=O)(=O)NC3=O)CC2(C)C)C1=O. The number of hydrogen-bond acceptors (Lipinski definition) is 8. The molecule has 0 aliphatic carbocycles. The molecule has 2 saturated heterocycles. The molecule has 2 aromatic heterocycles. The van der Waals surface area contributed by atoms with Gasteiger partial charge in [-0.15, -0.1) is 0 Å². The number of anilines is 3. The highest BCUT2D eigenvalue weighted by Gasteiger charge is 2.41. The van der Waals surface area contributed by atoms with Crippen LogP contribution < -0.4 is 19.8 Å². The summed E-state index contributed by atoms with van der Waals surface area (Å²) in [5.41, 5.74) is 0.0776. The van der Waals surface area contributed by atoms with E-state index in [2.05, 4.69) is 54.5 Å². The minimum atomic E-state index is -4.24. The summed E-state index contributed by atoms with van der Waals surface area (Å²) >= 11 is 0. The summed E-state index contributed by atoms with van der Waals surface area (Å²) in [6.45, 7) is 12.8. The summed E-state index contributed by atoms with van der Waals surface area (Å²) in [5, 5.41) is 2.98. The Labute approximate surface area is 249 Å². The van der Waals surface area contributed by atoms with Crippen molar-refractivity contribution in [2.24, 2.45) is 17.3 Å². The molecule has 5 rings (SSSR count). The molecule has 2 aromatic rings. The fraction of sp³-hybridized carbons (Fsp3) is 0.613. The van der Waals surface area contributed by atoms with Crippen LogP contribution in [0.15, 0.2) is 35.4 Å². The van der Waals surface area contributed by atoms with E-state index in [1.807, 2.05) is 0 Å². The number of nitrogens with one attached hydrogen (secondary N) is 2. The van der Waals surface area contributed by atoms with Crippen molar-refractivity contribution in [3.63, 3.8) is 0 Å². The number of carbonyl (C=O) groups excluding carboxylic acids is 2. The van der Waals surface area contributed by atoms with E-state index in [9.17, 15) is 18.0 Å². The molecule has 0 aromatic carbocycles. The van der Waals surface area contributed by atoms with Gasteiger partial charge < -0.3 is 10.2 Å². The highest BCUT2D eigenvalue weighted by atomic mass is 32.2. The van der Waals surface area contributed by atoms with Gasteiger partial charge in [0.2, 0.25) is 5.91 Å². The zero-order valence-electron chi connectivity index (χ0n) is 25.4. The first-order valence-electron chi connectivity index (χ1n) is 15.1. The van der Waals surface area contributed by atoms with Crippen LogP contribution in [0.4, 0.5) is 17.5 Å². The van der Waals surface area contributed by atoms with Crippen molar-refractivity contribution in [2.45, 2.75) is 90.1 Å². The maximum Gasteiger partial charge on any atom is 0.281 e. The summed E-state index contributed by atoms with van der Waals surface area (Å²) in [5.74, 6) is 0.993. The number of fused-ring (bicyclic) bond motifs is 6. The second kappa shape index (κ2) is 11.5. The quantitative estimate of drug-likeness (QED) is 0.507. The van der Waals surface area contributed by atoms with E-state index in [0.717, 1.165) is 44.9 Å². The third kappa shape index (κ3) is 6.55. The molecular formula is C31H44N6O4S. The Morgan fingerprint density at radius 1 is 1.07 bits per heavy atom. The molecule has 4 bridgehead atoms. The van der Waals surface area contributed by atoms with Gasteiger partial charge in [-0.25, -0.2) is 14.7 Å². The number of amides is 2. The Balaban J connectivity index is 1.48. The van der Waals surface area contributed by atoms with Gasteiger partial charge in [0.1, 0.15) is 17.5 Å². The highest BCUT2D eigenvalue weighted by molar-refractivity contribution is 7.90. The first-order chi connectivity index (χ1) is 19.7. The van der Waals surface area contributed by atoms with E-state index in [0.29, 0.717) is 43.0 Å². The fourth-order valence-corrected chi connectivity index (χ4v) is 7.47. The average Bonchev–Trinajstić information content (AvgIpc) is 3.42. The third-order valence-electron chi connectivity index (χ3n) is 8.71. The second-order valence-corrected chi connectivity index (χ2v) is 15.5. The first kappa shape index (κ1) is 30.3. The van der Waals surface area contributed by atoms with Gasteiger partial charge in [-0.3, -0.25) is 14.5 Å². The fourth-order valence-electron chi connectivity index (χ4n) is 6.54. The van der Waals surface area contributed by atoms with E-state index in [1.54, 1.807) is 29.2 Å². The Morgan fingerprint density at radius 2 is 1.86 bits per heavy atom. The van der Waals surface area contributed by atoms with Crippen LogP contribution in [0.1, 0.15) is 89.9 Å². The summed E-state index contributed by atoms with van der Waals surface area (Å²) in [7, 11) is -4.24. The lowest BCUT2D eigenvalue weighted by Crippen LogP contribution is -2.41. The second-order valence-electron chi connectivity index (χ2n) is 13.8. The number of aromatic nitrogens is 2.